The van der Waals surface area contributed by atoms with Crippen molar-refractivity contribution in [3.05, 3.63) is 28.9 Å². The van der Waals surface area contributed by atoms with Crippen LogP contribution in [0.25, 0.3) is 10.9 Å². The lowest BCUT2D eigenvalue weighted by Gasteiger charge is -2.16. The fourth-order valence-electron chi connectivity index (χ4n) is 1.69. The van der Waals surface area contributed by atoms with Crippen molar-refractivity contribution in [2.24, 2.45) is 0 Å². The summed E-state index contributed by atoms with van der Waals surface area (Å²) in [5, 5.41) is 1.06. The molecule has 0 amide bonds. The number of rotatable bonds is 4. The number of unbranched alkanes of at least 4 members (excludes halogenated alkanes) is 1. The number of nitrogens with zero attached hydrogens (tertiary/aromatic N) is 3. The van der Waals surface area contributed by atoms with Crippen LogP contribution in [0.4, 0.5) is 5.95 Å². The number of halogens is 1. The summed E-state index contributed by atoms with van der Waals surface area (Å²) < 4.78 is 1.04. The Morgan fingerprint density at radius 2 is 2.18 bits per heavy atom. The summed E-state index contributed by atoms with van der Waals surface area (Å²) in [6.07, 6.45) is 4.23. The SMILES string of the molecule is CCCCN(C)c1ncc2c(Br)cccc2n1. The average Bonchev–Trinajstić information content (AvgIpc) is 2.36. The molecule has 2 aromatic rings. The zero-order chi connectivity index (χ0) is 12.3. The molecule has 2 rings (SSSR count). The van der Waals surface area contributed by atoms with Gasteiger partial charge in [0.05, 0.1) is 5.52 Å². The maximum absolute atomic E-state index is 4.57. The molecular formula is C13H16BrN3. The molecule has 0 N–H and O–H groups in total. The molecule has 0 bridgehead atoms. The van der Waals surface area contributed by atoms with Crippen molar-refractivity contribution in [3.8, 4) is 0 Å². The average molecular weight is 294 g/mol. The fraction of sp³-hybridized carbons (Fsp3) is 0.385. The van der Waals surface area contributed by atoms with Crippen molar-refractivity contribution < 1.29 is 0 Å². The highest BCUT2D eigenvalue weighted by atomic mass is 79.9. The van der Waals surface area contributed by atoms with Crippen LogP contribution in [0.15, 0.2) is 28.9 Å². The lowest BCUT2D eigenvalue weighted by molar-refractivity contribution is 0.752. The van der Waals surface area contributed by atoms with Crippen LogP contribution in [0.5, 0.6) is 0 Å². The lowest BCUT2D eigenvalue weighted by Crippen LogP contribution is -2.20. The predicted octanol–water partition coefficient (Wildman–Crippen LogP) is 3.63. The van der Waals surface area contributed by atoms with Gasteiger partial charge in [-0.25, -0.2) is 9.97 Å². The summed E-state index contributed by atoms with van der Waals surface area (Å²) in [5.41, 5.74) is 0.979. The summed E-state index contributed by atoms with van der Waals surface area (Å²) in [4.78, 5) is 11.1. The molecule has 0 fully saturated rings. The van der Waals surface area contributed by atoms with Gasteiger partial charge in [0.15, 0.2) is 0 Å². The highest BCUT2D eigenvalue weighted by molar-refractivity contribution is 9.10. The van der Waals surface area contributed by atoms with Crippen molar-refractivity contribution in [3.63, 3.8) is 0 Å². The first-order chi connectivity index (χ1) is 8.22. The second kappa shape index (κ2) is 5.45. The van der Waals surface area contributed by atoms with Gasteiger partial charge in [-0.15, -0.1) is 0 Å². The van der Waals surface area contributed by atoms with Gasteiger partial charge in [-0.2, -0.15) is 0 Å². The molecule has 0 aliphatic rings. The molecule has 1 heterocycles. The second-order valence-electron chi connectivity index (χ2n) is 4.12. The van der Waals surface area contributed by atoms with E-state index in [-0.39, 0.29) is 0 Å². The van der Waals surface area contributed by atoms with Gasteiger partial charge >= 0.3 is 0 Å². The smallest absolute Gasteiger partial charge is 0.225 e. The quantitative estimate of drug-likeness (QED) is 0.862. The molecule has 1 aromatic carbocycles. The van der Waals surface area contributed by atoms with Crippen LogP contribution in [0.3, 0.4) is 0 Å². The molecule has 4 heteroatoms. The molecular weight excluding hydrogens is 278 g/mol. The molecule has 0 aliphatic heterocycles. The van der Waals surface area contributed by atoms with Crippen LogP contribution >= 0.6 is 15.9 Å². The van der Waals surface area contributed by atoms with Crippen molar-refractivity contribution in [1.29, 1.82) is 0 Å². The van der Waals surface area contributed by atoms with E-state index in [1.165, 1.54) is 6.42 Å². The van der Waals surface area contributed by atoms with Gasteiger partial charge in [-0.1, -0.05) is 35.3 Å². The van der Waals surface area contributed by atoms with E-state index in [9.17, 15) is 0 Å². The second-order valence-corrected chi connectivity index (χ2v) is 4.97. The topological polar surface area (TPSA) is 29.0 Å². The molecule has 1 aromatic heterocycles. The third-order valence-corrected chi connectivity index (χ3v) is 3.44. The van der Waals surface area contributed by atoms with Crippen LogP contribution < -0.4 is 4.90 Å². The molecule has 0 saturated carbocycles. The van der Waals surface area contributed by atoms with E-state index in [1.807, 2.05) is 31.4 Å². The first-order valence-electron chi connectivity index (χ1n) is 5.84. The van der Waals surface area contributed by atoms with Crippen LogP contribution in [0.2, 0.25) is 0 Å². The molecule has 0 unspecified atom stereocenters. The zero-order valence-corrected chi connectivity index (χ0v) is 11.7. The van der Waals surface area contributed by atoms with E-state index in [4.69, 9.17) is 0 Å². The summed E-state index contributed by atoms with van der Waals surface area (Å²) in [7, 11) is 2.04. The molecule has 3 nitrogen and oxygen atoms in total. The number of aromatic nitrogens is 2. The first-order valence-corrected chi connectivity index (χ1v) is 6.64. The zero-order valence-electron chi connectivity index (χ0n) is 10.2. The van der Waals surface area contributed by atoms with E-state index in [0.717, 1.165) is 34.3 Å². The molecule has 90 valence electrons. The Morgan fingerprint density at radius 3 is 2.94 bits per heavy atom. The van der Waals surface area contributed by atoms with Gasteiger partial charge in [0, 0.05) is 29.6 Å². The molecule has 0 saturated heterocycles. The van der Waals surface area contributed by atoms with E-state index < -0.39 is 0 Å². The first kappa shape index (κ1) is 12.3. The van der Waals surface area contributed by atoms with E-state index in [0.29, 0.717) is 0 Å². The van der Waals surface area contributed by atoms with E-state index in [2.05, 4.69) is 37.7 Å². The summed E-state index contributed by atoms with van der Waals surface area (Å²) in [6.45, 7) is 3.18. The van der Waals surface area contributed by atoms with Gasteiger partial charge in [0.2, 0.25) is 5.95 Å². The maximum Gasteiger partial charge on any atom is 0.225 e. The normalized spacial score (nSPS) is 10.8. The molecule has 0 atom stereocenters. The summed E-state index contributed by atoms with van der Waals surface area (Å²) >= 11 is 3.51. The Labute approximate surface area is 110 Å². The number of benzene rings is 1. The van der Waals surface area contributed by atoms with Gasteiger partial charge < -0.3 is 4.90 Å². The molecule has 0 aliphatic carbocycles. The van der Waals surface area contributed by atoms with Crippen molar-refractivity contribution in [2.75, 3.05) is 18.5 Å². The Morgan fingerprint density at radius 1 is 1.35 bits per heavy atom. The standard InChI is InChI=1S/C13H16BrN3/c1-3-4-8-17(2)13-15-9-10-11(14)6-5-7-12(10)16-13/h5-7,9H,3-4,8H2,1-2H3. The van der Waals surface area contributed by atoms with Crippen LogP contribution in [0, 0.1) is 0 Å². The molecule has 0 radical (unpaired) electrons. The van der Waals surface area contributed by atoms with Gasteiger partial charge in [0.25, 0.3) is 0 Å². The number of hydrogen-bond acceptors (Lipinski definition) is 3. The number of anilines is 1. The minimum Gasteiger partial charge on any atom is -0.344 e. The van der Waals surface area contributed by atoms with Crippen molar-refractivity contribution in [1.82, 2.24) is 9.97 Å². The van der Waals surface area contributed by atoms with Crippen LogP contribution in [-0.4, -0.2) is 23.6 Å². The van der Waals surface area contributed by atoms with Gasteiger partial charge in [0.1, 0.15) is 0 Å². The van der Waals surface area contributed by atoms with Crippen molar-refractivity contribution in [2.45, 2.75) is 19.8 Å². The summed E-state index contributed by atoms with van der Waals surface area (Å²) in [6, 6.07) is 6.01. The Balaban J connectivity index is 2.31. The third kappa shape index (κ3) is 2.75. The van der Waals surface area contributed by atoms with Crippen LogP contribution in [0.1, 0.15) is 19.8 Å². The lowest BCUT2D eigenvalue weighted by atomic mass is 10.2. The monoisotopic (exact) mass is 293 g/mol. The van der Waals surface area contributed by atoms with E-state index >= 15 is 0 Å². The molecule has 17 heavy (non-hydrogen) atoms. The highest BCUT2D eigenvalue weighted by Crippen LogP contribution is 2.22. The van der Waals surface area contributed by atoms with Crippen LogP contribution in [-0.2, 0) is 0 Å². The van der Waals surface area contributed by atoms with Gasteiger partial charge in [-0.05, 0) is 18.6 Å². The fourth-order valence-corrected chi connectivity index (χ4v) is 2.15. The number of hydrogen-bond donors (Lipinski definition) is 0. The third-order valence-electron chi connectivity index (χ3n) is 2.75. The highest BCUT2D eigenvalue weighted by Gasteiger charge is 2.06. The summed E-state index contributed by atoms with van der Waals surface area (Å²) in [5.74, 6) is 0.795. The number of fused-ring (bicyclic) bond motifs is 1. The van der Waals surface area contributed by atoms with Gasteiger partial charge in [-0.3, -0.25) is 0 Å². The maximum atomic E-state index is 4.57. The van der Waals surface area contributed by atoms with E-state index in [1.54, 1.807) is 0 Å². The largest absolute Gasteiger partial charge is 0.344 e. The minimum atomic E-state index is 0.795. The Bertz CT molecular complexity index is 513. The predicted molar refractivity (Wildman–Crippen MR) is 75.4 cm³/mol. The Kier molecular flexibility index (Phi) is 3.94. The Hall–Kier alpha value is -1.16. The minimum absolute atomic E-state index is 0.795. The van der Waals surface area contributed by atoms with Crippen molar-refractivity contribution >= 4 is 32.8 Å². The molecule has 0 spiro atoms.